The van der Waals surface area contributed by atoms with Gasteiger partial charge in [-0.25, -0.2) is 15.0 Å². The fraction of sp³-hybridized carbons (Fsp3) is 0.182. The lowest BCUT2D eigenvalue weighted by atomic mass is 10.2. The Morgan fingerprint density at radius 2 is 2.07 bits per heavy atom. The number of hydrogen-bond acceptors (Lipinski definition) is 4. The highest BCUT2D eigenvalue weighted by atomic mass is 16.5. The van der Waals surface area contributed by atoms with E-state index in [0.29, 0.717) is 11.6 Å². The lowest BCUT2D eigenvalue weighted by molar-refractivity contribution is 0.457. The van der Waals surface area contributed by atoms with Gasteiger partial charge in [-0.2, -0.15) is 0 Å². The molecule has 2 aromatic rings. The van der Waals surface area contributed by atoms with Crippen molar-refractivity contribution in [3.05, 3.63) is 42.6 Å². The second-order valence-corrected chi connectivity index (χ2v) is 3.03. The molecular weight excluding hydrogens is 190 g/mol. The minimum Gasteiger partial charge on any atom is -0.436 e. The maximum absolute atomic E-state index is 5.48. The van der Waals surface area contributed by atoms with E-state index >= 15 is 0 Å². The standard InChI is InChI=1S/C11H11N3O/c1-2-9-3-4-14-11(5-9)15-10-6-12-8-13-7-10/h3-8H,2H2,1H3. The van der Waals surface area contributed by atoms with Crippen LogP contribution in [-0.2, 0) is 6.42 Å². The Morgan fingerprint density at radius 3 is 2.80 bits per heavy atom. The zero-order chi connectivity index (χ0) is 10.5. The zero-order valence-corrected chi connectivity index (χ0v) is 8.42. The van der Waals surface area contributed by atoms with Crippen molar-refractivity contribution in [2.45, 2.75) is 13.3 Å². The summed E-state index contributed by atoms with van der Waals surface area (Å²) >= 11 is 0. The van der Waals surface area contributed by atoms with Crippen LogP contribution in [0.5, 0.6) is 11.6 Å². The molecule has 0 spiro atoms. The average Bonchev–Trinajstić information content (AvgIpc) is 2.31. The van der Waals surface area contributed by atoms with E-state index in [1.807, 2.05) is 12.1 Å². The highest BCUT2D eigenvalue weighted by Crippen LogP contribution is 2.17. The van der Waals surface area contributed by atoms with Crippen LogP contribution in [0.1, 0.15) is 12.5 Å². The summed E-state index contributed by atoms with van der Waals surface area (Å²) in [6, 6.07) is 3.88. The van der Waals surface area contributed by atoms with E-state index in [1.54, 1.807) is 18.6 Å². The summed E-state index contributed by atoms with van der Waals surface area (Å²) in [4.78, 5) is 11.8. The maximum Gasteiger partial charge on any atom is 0.219 e. The van der Waals surface area contributed by atoms with Crippen LogP contribution in [0.2, 0.25) is 0 Å². The number of aromatic nitrogens is 3. The SMILES string of the molecule is CCc1ccnc(Oc2cncnc2)c1. The van der Waals surface area contributed by atoms with Crippen molar-refractivity contribution in [2.75, 3.05) is 0 Å². The Morgan fingerprint density at radius 1 is 1.27 bits per heavy atom. The molecule has 0 aliphatic heterocycles. The van der Waals surface area contributed by atoms with Crippen molar-refractivity contribution >= 4 is 0 Å². The second kappa shape index (κ2) is 4.50. The summed E-state index contributed by atoms with van der Waals surface area (Å²) in [5.41, 5.74) is 1.19. The van der Waals surface area contributed by atoms with E-state index < -0.39 is 0 Å². The first-order valence-corrected chi connectivity index (χ1v) is 4.76. The van der Waals surface area contributed by atoms with Crippen LogP contribution in [0.3, 0.4) is 0 Å². The molecule has 15 heavy (non-hydrogen) atoms. The van der Waals surface area contributed by atoms with Crippen LogP contribution in [-0.4, -0.2) is 15.0 Å². The van der Waals surface area contributed by atoms with Gasteiger partial charge in [-0.1, -0.05) is 6.92 Å². The maximum atomic E-state index is 5.48. The van der Waals surface area contributed by atoms with Crippen LogP contribution in [0.4, 0.5) is 0 Å². The lowest BCUT2D eigenvalue weighted by Crippen LogP contribution is -1.90. The fourth-order valence-corrected chi connectivity index (χ4v) is 1.19. The normalized spacial score (nSPS) is 9.93. The fourth-order valence-electron chi connectivity index (χ4n) is 1.19. The monoisotopic (exact) mass is 201 g/mol. The Bertz CT molecular complexity index is 431. The van der Waals surface area contributed by atoms with Gasteiger partial charge < -0.3 is 4.74 Å². The van der Waals surface area contributed by atoms with Crippen LogP contribution < -0.4 is 4.74 Å². The van der Waals surface area contributed by atoms with E-state index in [2.05, 4.69) is 21.9 Å². The molecule has 0 saturated heterocycles. The quantitative estimate of drug-likeness (QED) is 0.764. The van der Waals surface area contributed by atoms with Gasteiger partial charge in [0, 0.05) is 12.3 Å². The first-order valence-electron chi connectivity index (χ1n) is 4.76. The predicted octanol–water partition coefficient (Wildman–Crippen LogP) is 2.23. The number of rotatable bonds is 3. The molecule has 0 radical (unpaired) electrons. The molecular formula is C11H11N3O. The summed E-state index contributed by atoms with van der Waals surface area (Å²) in [6.45, 7) is 2.09. The molecule has 0 N–H and O–H groups in total. The topological polar surface area (TPSA) is 47.9 Å². The molecule has 0 aliphatic rings. The molecule has 4 nitrogen and oxygen atoms in total. The van der Waals surface area contributed by atoms with Gasteiger partial charge in [-0.05, 0) is 18.1 Å². The van der Waals surface area contributed by atoms with Gasteiger partial charge in [0.15, 0.2) is 5.75 Å². The molecule has 0 aliphatic carbocycles. The van der Waals surface area contributed by atoms with Crippen LogP contribution >= 0.6 is 0 Å². The number of ether oxygens (including phenoxy) is 1. The van der Waals surface area contributed by atoms with E-state index in [4.69, 9.17) is 4.74 Å². The molecule has 4 heteroatoms. The number of pyridine rings is 1. The first-order chi connectivity index (χ1) is 7.38. The van der Waals surface area contributed by atoms with Crippen molar-refractivity contribution in [1.82, 2.24) is 15.0 Å². The van der Waals surface area contributed by atoms with Crippen LogP contribution in [0.15, 0.2) is 37.1 Å². The summed E-state index contributed by atoms with van der Waals surface area (Å²) in [6.07, 6.45) is 7.37. The molecule has 0 atom stereocenters. The van der Waals surface area contributed by atoms with E-state index in [9.17, 15) is 0 Å². The summed E-state index contributed by atoms with van der Waals surface area (Å²) < 4.78 is 5.48. The van der Waals surface area contributed by atoms with Gasteiger partial charge in [-0.3, -0.25) is 0 Å². The highest BCUT2D eigenvalue weighted by molar-refractivity contribution is 5.25. The third kappa shape index (κ3) is 2.49. The number of nitrogens with zero attached hydrogens (tertiary/aromatic N) is 3. The van der Waals surface area contributed by atoms with E-state index in [0.717, 1.165) is 6.42 Å². The molecule has 2 aromatic heterocycles. The predicted molar refractivity (Wildman–Crippen MR) is 55.7 cm³/mol. The molecule has 0 unspecified atom stereocenters. The number of aryl methyl sites for hydroxylation is 1. The van der Waals surface area contributed by atoms with Gasteiger partial charge in [0.1, 0.15) is 6.33 Å². The third-order valence-corrected chi connectivity index (χ3v) is 1.97. The second-order valence-electron chi connectivity index (χ2n) is 3.03. The lowest BCUT2D eigenvalue weighted by Gasteiger charge is -2.04. The molecule has 2 rings (SSSR count). The average molecular weight is 201 g/mol. The molecule has 0 bridgehead atoms. The molecule has 2 heterocycles. The van der Waals surface area contributed by atoms with Crippen molar-refractivity contribution in [3.8, 4) is 11.6 Å². The molecule has 0 fully saturated rings. The Kier molecular flexibility index (Phi) is 2.88. The summed E-state index contributed by atoms with van der Waals surface area (Å²) in [5, 5.41) is 0. The van der Waals surface area contributed by atoms with Gasteiger partial charge in [0.2, 0.25) is 5.88 Å². The molecule has 0 amide bonds. The van der Waals surface area contributed by atoms with Gasteiger partial charge >= 0.3 is 0 Å². The highest BCUT2D eigenvalue weighted by Gasteiger charge is 1.99. The summed E-state index contributed by atoms with van der Waals surface area (Å²) in [7, 11) is 0. The minimum atomic E-state index is 0.573. The van der Waals surface area contributed by atoms with Gasteiger partial charge in [0.05, 0.1) is 12.4 Å². The van der Waals surface area contributed by atoms with Gasteiger partial charge in [-0.15, -0.1) is 0 Å². The number of hydrogen-bond donors (Lipinski definition) is 0. The Hall–Kier alpha value is -1.97. The third-order valence-electron chi connectivity index (χ3n) is 1.97. The smallest absolute Gasteiger partial charge is 0.219 e. The van der Waals surface area contributed by atoms with Crippen molar-refractivity contribution in [2.24, 2.45) is 0 Å². The summed E-state index contributed by atoms with van der Waals surface area (Å²) in [5.74, 6) is 1.17. The van der Waals surface area contributed by atoms with Gasteiger partial charge in [0.25, 0.3) is 0 Å². The minimum absolute atomic E-state index is 0.573. The van der Waals surface area contributed by atoms with E-state index in [-0.39, 0.29) is 0 Å². The van der Waals surface area contributed by atoms with Crippen LogP contribution in [0.25, 0.3) is 0 Å². The zero-order valence-electron chi connectivity index (χ0n) is 8.42. The van der Waals surface area contributed by atoms with Crippen molar-refractivity contribution < 1.29 is 4.74 Å². The van der Waals surface area contributed by atoms with Crippen molar-refractivity contribution in [3.63, 3.8) is 0 Å². The molecule has 0 saturated carbocycles. The van der Waals surface area contributed by atoms with Crippen LogP contribution in [0, 0.1) is 0 Å². The molecule has 76 valence electrons. The molecule has 0 aromatic carbocycles. The largest absolute Gasteiger partial charge is 0.436 e. The Labute approximate surface area is 88.0 Å². The first kappa shape index (κ1) is 9.58. The Balaban J connectivity index is 2.17. The van der Waals surface area contributed by atoms with Crippen molar-refractivity contribution in [1.29, 1.82) is 0 Å². The van der Waals surface area contributed by atoms with E-state index in [1.165, 1.54) is 11.9 Å².